The minimum Gasteiger partial charge on any atom is -0.496 e. The first-order valence-electron chi connectivity index (χ1n) is 10.0. The Morgan fingerprint density at radius 3 is 2.71 bits per heavy atom. The second kappa shape index (κ2) is 11.5. The van der Waals surface area contributed by atoms with Gasteiger partial charge in [-0.3, -0.25) is 9.59 Å². The molecule has 0 radical (unpaired) electrons. The van der Waals surface area contributed by atoms with E-state index < -0.39 is 5.97 Å². The number of hydrogen-bond donors (Lipinski definition) is 3. The first-order chi connectivity index (χ1) is 13.5. The smallest absolute Gasteiger partial charge is 0.300 e. The van der Waals surface area contributed by atoms with Gasteiger partial charge in [-0.05, 0) is 81.3 Å². The molecule has 1 heterocycles. The zero-order valence-electron chi connectivity index (χ0n) is 16.9. The van der Waals surface area contributed by atoms with Gasteiger partial charge < -0.3 is 20.5 Å². The number of rotatable bonds is 6. The van der Waals surface area contributed by atoms with Gasteiger partial charge >= 0.3 is 0 Å². The van der Waals surface area contributed by atoms with Crippen molar-refractivity contribution >= 4 is 11.9 Å². The van der Waals surface area contributed by atoms with E-state index in [1.165, 1.54) is 24.8 Å². The number of amides is 1. The van der Waals surface area contributed by atoms with Gasteiger partial charge in [0.1, 0.15) is 5.75 Å². The van der Waals surface area contributed by atoms with Gasteiger partial charge in [0, 0.05) is 19.0 Å². The summed E-state index contributed by atoms with van der Waals surface area (Å²) in [5.41, 5.74) is 3.23. The fraction of sp³-hybridized carbons (Fsp3) is 0.545. The Labute approximate surface area is 167 Å². The average molecular weight is 389 g/mol. The van der Waals surface area contributed by atoms with E-state index in [0.29, 0.717) is 12.5 Å². The first kappa shape index (κ1) is 22.0. The maximum Gasteiger partial charge on any atom is 0.300 e. The zero-order valence-corrected chi connectivity index (χ0v) is 16.9. The fourth-order valence-corrected chi connectivity index (χ4v) is 3.64. The molecule has 0 spiro atoms. The molecule has 0 saturated carbocycles. The highest BCUT2D eigenvalue weighted by atomic mass is 16.5. The quantitative estimate of drug-likeness (QED) is 0.652. The summed E-state index contributed by atoms with van der Waals surface area (Å²) in [5, 5.41) is 13.9. The van der Waals surface area contributed by atoms with Gasteiger partial charge in [0.2, 0.25) is 0 Å². The van der Waals surface area contributed by atoms with Crippen molar-refractivity contribution in [1.82, 2.24) is 10.6 Å². The van der Waals surface area contributed by atoms with Crippen LogP contribution in [0, 0.1) is 5.92 Å². The molecule has 3 rings (SSSR count). The van der Waals surface area contributed by atoms with Crippen LogP contribution in [0.3, 0.4) is 0 Å². The van der Waals surface area contributed by atoms with Crippen molar-refractivity contribution in [1.29, 1.82) is 0 Å². The highest BCUT2D eigenvalue weighted by Gasteiger charge is 2.18. The highest BCUT2D eigenvalue weighted by Crippen LogP contribution is 2.25. The lowest BCUT2D eigenvalue weighted by Gasteiger charge is -2.15. The van der Waals surface area contributed by atoms with Crippen LogP contribution in [0.4, 0.5) is 0 Å². The number of methoxy groups -OCH3 is 1. The summed E-state index contributed by atoms with van der Waals surface area (Å²) >= 11 is 0. The molecule has 0 aromatic heterocycles. The Morgan fingerprint density at radius 2 is 2.11 bits per heavy atom. The SMILES string of the molecule is CC(=O)O.COc1ccc(C(=O)NCC2=CCCCC2)cc1CC1CCNC1. The van der Waals surface area contributed by atoms with E-state index in [9.17, 15) is 4.79 Å². The summed E-state index contributed by atoms with van der Waals surface area (Å²) in [6.07, 6.45) is 9.20. The number of allylic oxidation sites excluding steroid dienone is 1. The van der Waals surface area contributed by atoms with E-state index in [2.05, 4.69) is 16.7 Å². The van der Waals surface area contributed by atoms with Crippen LogP contribution < -0.4 is 15.4 Å². The van der Waals surface area contributed by atoms with Crippen LogP contribution in [0.2, 0.25) is 0 Å². The predicted molar refractivity (Wildman–Crippen MR) is 110 cm³/mol. The van der Waals surface area contributed by atoms with Crippen molar-refractivity contribution in [2.24, 2.45) is 5.92 Å². The molecular weight excluding hydrogens is 356 g/mol. The fourth-order valence-electron chi connectivity index (χ4n) is 3.64. The van der Waals surface area contributed by atoms with Crippen LogP contribution >= 0.6 is 0 Å². The Balaban J connectivity index is 0.000000640. The van der Waals surface area contributed by atoms with Gasteiger partial charge in [0.05, 0.1) is 7.11 Å². The van der Waals surface area contributed by atoms with Gasteiger partial charge in [-0.15, -0.1) is 0 Å². The van der Waals surface area contributed by atoms with Gasteiger partial charge in [0.25, 0.3) is 11.9 Å². The maximum absolute atomic E-state index is 12.5. The average Bonchev–Trinajstić information content (AvgIpc) is 3.19. The molecule has 28 heavy (non-hydrogen) atoms. The number of nitrogens with one attached hydrogen (secondary N) is 2. The van der Waals surface area contributed by atoms with Gasteiger partial charge in [-0.1, -0.05) is 11.6 Å². The molecule has 1 aromatic rings. The van der Waals surface area contributed by atoms with Crippen LogP contribution in [0.15, 0.2) is 29.8 Å². The van der Waals surface area contributed by atoms with E-state index in [0.717, 1.165) is 56.2 Å². The number of ether oxygens (including phenoxy) is 1. The summed E-state index contributed by atoms with van der Waals surface area (Å²) in [6.45, 7) is 3.89. The second-order valence-electron chi connectivity index (χ2n) is 7.40. The lowest BCUT2D eigenvalue weighted by Crippen LogP contribution is -2.26. The standard InChI is InChI=1S/C20H28N2O2.C2H4O2/c1-24-19-8-7-17(12-18(19)11-16-9-10-21-13-16)20(23)22-14-15-5-3-2-4-6-15;1-2(3)4/h5,7-8,12,16,21H,2-4,6,9-11,13-14H2,1H3,(H,22,23);1H3,(H,3,4). The summed E-state index contributed by atoms with van der Waals surface area (Å²) in [4.78, 5) is 21.5. The molecule has 1 aromatic carbocycles. The number of benzene rings is 1. The summed E-state index contributed by atoms with van der Waals surface area (Å²) in [7, 11) is 1.70. The monoisotopic (exact) mass is 388 g/mol. The Kier molecular flexibility index (Phi) is 9.01. The van der Waals surface area contributed by atoms with E-state index >= 15 is 0 Å². The molecule has 2 aliphatic rings. The van der Waals surface area contributed by atoms with Crippen LogP contribution in [0.25, 0.3) is 0 Å². The van der Waals surface area contributed by atoms with Crippen molar-refractivity contribution in [3.05, 3.63) is 41.0 Å². The number of carbonyl (C=O) groups is 2. The Hall–Kier alpha value is -2.34. The lowest BCUT2D eigenvalue weighted by molar-refractivity contribution is -0.134. The third-order valence-corrected chi connectivity index (χ3v) is 5.07. The molecule has 1 saturated heterocycles. The van der Waals surface area contributed by atoms with Crippen LogP contribution in [-0.4, -0.2) is 43.7 Å². The number of hydrogen-bond acceptors (Lipinski definition) is 4. The van der Waals surface area contributed by atoms with Crippen LogP contribution in [0.5, 0.6) is 5.75 Å². The zero-order chi connectivity index (χ0) is 20.4. The number of carboxylic acid groups (broad SMARTS) is 1. The van der Waals surface area contributed by atoms with Crippen LogP contribution in [0.1, 0.15) is 54.9 Å². The van der Waals surface area contributed by atoms with E-state index in [1.54, 1.807) is 7.11 Å². The molecule has 1 aliphatic heterocycles. The molecule has 3 N–H and O–H groups in total. The summed E-state index contributed by atoms with van der Waals surface area (Å²) < 4.78 is 5.48. The van der Waals surface area contributed by atoms with E-state index in [-0.39, 0.29) is 5.91 Å². The largest absolute Gasteiger partial charge is 0.496 e. The molecule has 6 nitrogen and oxygen atoms in total. The van der Waals surface area contributed by atoms with Crippen LogP contribution in [-0.2, 0) is 11.2 Å². The molecule has 1 atom stereocenters. The van der Waals surface area contributed by atoms with Crippen molar-refractivity contribution in [2.75, 3.05) is 26.7 Å². The van der Waals surface area contributed by atoms with Gasteiger partial charge in [-0.25, -0.2) is 0 Å². The second-order valence-corrected chi connectivity index (χ2v) is 7.40. The highest BCUT2D eigenvalue weighted by molar-refractivity contribution is 5.94. The number of aliphatic carboxylic acids is 1. The van der Waals surface area contributed by atoms with Crippen molar-refractivity contribution in [2.45, 2.75) is 45.4 Å². The molecule has 154 valence electrons. The molecular formula is C22H32N2O4. The first-order valence-corrected chi connectivity index (χ1v) is 10.0. The molecule has 1 unspecified atom stereocenters. The van der Waals surface area contributed by atoms with Crippen molar-refractivity contribution < 1.29 is 19.4 Å². The van der Waals surface area contributed by atoms with Crippen molar-refractivity contribution in [3.8, 4) is 5.75 Å². The van der Waals surface area contributed by atoms with E-state index in [1.807, 2.05) is 18.2 Å². The van der Waals surface area contributed by atoms with Gasteiger partial charge in [0.15, 0.2) is 0 Å². The Bertz CT molecular complexity index is 690. The third-order valence-electron chi connectivity index (χ3n) is 5.07. The normalized spacial score (nSPS) is 18.5. The minimum atomic E-state index is -0.833. The van der Waals surface area contributed by atoms with Gasteiger partial charge in [-0.2, -0.15) is 0 Å². The van der Waals surface area contributed by atoms with E-state index in [4.69, 9.17) is 14.6 Å². The minimum absolute atomic E-state index is 0.00919. The Morgan fingerprint density at radius 1 is 1.32 bits per heavy atom. The number of carboxylic acids is 1. The molecule has 0 bridgehead atoms. The number of carbonyl (C=O) groups excluding carboxylic acids is 1. The molecule has 1 amide bonds. The summed E-state index contributed by atoms with van der Waals surface area (Å²) in [5.74, 6) is 0.688. The van der Waals surface area contributed by atoms with Crippen molar-refractivity contribution in [3.63, 3.8) is 0 Å². The topological polar surface area (TPSA) is 87.7 Å². The predicted octanol–water partition coefficient (Wildman–Crippen LogP) is 3.17. The molecule has 1 aliphatic carbocycles. The third kappa shape index (κ3) is 7.35. The summed E-state index contributed by atoms with van der Waals surface area (Å²) in [6, 6.07) is 5.79. The molecule has 1 fully saturated rings. The maximum atomic E-state index is 12.5. The molecule has 6 heteroatoms. The lowest BCUT2D eigenvalue weighted by atomic mass is 9.96.